The summed E-state index contributed by atoms with van der Waals surface area (Å²) in [5.41, 5.74) is 1.93. The first-order valence-corrected chi connectivity index (χ1v) is 11.0. The quantitative estimate of drug-likeness (QED) is 0.392. The lowest BCUT2D eigenvalue weighted by molar-refractivity contribution is 0.0137. The number of hydrogen-bond donors (Lipinski definition) is 0. The summed E-state index contributed by atoms with van der Waals surface area (Å²) in [5, 5.41) is 1.98. The molecule has 1 amide bonds. The average Bonchev–Trinajstić information content (AvgIpc) is 3.29. The number of benzene rings is 2. The molecule has 3 nitrogen and oxygen atoms in total. The van der Waals surface area contributed by atoms with Gasteiger partial charge in [0.15, 0.2) is 0 Å². The predicted molar refractivity (Wildman–Crippen MR) is 121 cm³/mol. The molecule has 1 fully saturated rings. The molecule has 0 spiro atoms. The van der Waals surface area contributed by atoms with E-state index in [-0.39, 0.29) is 18.2 Å². The molecule has 1 saturated heterocycles. The van der Waals surface area contributed by atoms with Crippen LogP contribution in [0.25, 0.3) is 11.1 Å². The van der Waals surface area contributed by atoms with Crippen molar-refractivity contribution in [3.8, 4) is 11.1 Å². The third-order valence-corrected chi connectivity index (χ3v) is 6.04. The van der Waals surface area contributed by atoms with E-state index in [9.17, 15) is 13.6 Å². The van der Waals surface area contributed by atoms with Gasteiger partial charge in [0.05, 0.1) is 6.04 Å². The van der Waals surface area contributed by atoms with Crippen molar-refractivity contribution in [2.45, 2.75) is 32.4 Å². The van der Waals surface area contributed by atoms with Crippen molar-refractivity contribution in [3.05, 3.63) is 94.7 Å². The van der Waals surface area contributed by atoms with Crippen LogP contribution in [0, 0.1) is 11.6 Å². The van der Waals surface area contributed by atoms with Gasteiger partial charge in [0.2, 0.25) is 0 Å². The van der Waals surface area contributed by atoms with Crippen molar-refractivity contribution in [3.63, 3.8) is 0 Å². The second-order valence-electron chi connectivity index (χ2n) is 7.20. The maximum absolute atomic E-state index is 14.0. The van der Waals surface area contributed by atoms with Crippen LogP contribution in [-0.2, 0) is 4.74 Å². The Balaban J connectivity index is 0.000000858. The second kappa shape index (κ2) is 10.4. The molecular formula is C25H25F2NO2S. The van der Waals surface area contributed by atoms with Crippen LogP contribution in [0.1, 0.15) is 42.9 Å². The van der Waals surface area contributed by atoms with Crippen molar-refractivity contribution in [1.29, 1.82) is 0 Å². The minimum Gasteiger partial charge on any atom is -0.440 e. The monoisotopic (exact) mass is 441 g/mol. The minimum absolute atomic E-state index is 0.163. The summed E-state index contributed by atoms with van der Waals surface area (Å²) in [4.78, 5) is 15.3. The molecule has 2 atom stereocenters. The van der Waals surface area contributed by atoms with Gasteiger partial charge in [-0.2, -0.15) is 0 Å². The highest BCUT2D eigenvalue weighted by Crippen LogP contribution is 2.34. The molecule has 1 aliphatic rings. The van der Waals surface area contributed by atoms with Gasteiger partial charge < -0.3 is 9.64 Å². The SMILES string of the molecule is C=CC.CC(c1ccc(-c2ccc(F)cc2F)cc1)N1CCC(c2cccs2)OC1=O. The summed E-state index contributed by atoms with van der Waals surface area (Å²) < 4.78 is 32.7. The molecule has 2 aromatic carbocycles. The highest BCUT2D eigenvalue weighted by molar-refractivity contribution is 7.10. The predicted octanol–water partition coefficient (Wildman–Crippen LogP) is 7.53. The first kappa shape index (κ1) is 22.7. The number of ether oxygens (including phenoxy) is 1. The fourth-order valence-electron chi connectivity index (χ4n) is 3.47. The topological polar surface area (TPSA) is 29.5 Å². The Morgan fingerprint density at radius 2 is 1.90 bits per heavy atom. The standard InChI is InChI=1S/C22H19F2NO2S.C3H6/c1-14(25-11-10-20(27-22(25)26)21-3-2-12-28-21)15-4-6-16(7-5-15)18-9-8-17(23)13-19(18)24;1-3-2/h2-9,12-14,20H,10-11H2,1H3;3H,1H2,2H3. The molecule has 0 bridgehead atoms. The number of amides is 1. The normalized spacial score (nSPS) is 16.7. The summed E-state index contributed by atoms with van der Waals surface area (Å²) in [7, 11) is 0. The maximum atomic E-state index is 14.0. The fourth-order valence-corrected chi connectivity index (χ4v) is 4.26. The molecule has 31 heavy (non-hydrogen) atoms. The van der Waals surface area contributed by atoms with Crippen LogP contribution in [0.4, 0.5) is 13.6 Å². The van der Waals surface area contributed by atoms with Crippen LogP contribution >= 0.6 is 11.3 Å². The highest BCUT2D eigenvalue weighted by atomic mass is 32.1. The molecule has 0 saturated carbocycles. The summed E-state index contributed by atoms with van der Waals surface area (Å²) in [6.07, 6.45) is 1.99. The van der Waals surface area contributed by atoms with Crippen molar-refractivity contribution < 1.29 is 18.3 Å². The summed E-state index contributed by atoms with van der Waals surface area (Å²) in [5.74, 6) is -1.20. The van der Waals surface area contributed by atoms with E-state index >= 15 is 0 Å². The summed E-state index contributed by atoms with van der Waals surface area (Å²) in [6.45, 7) is 7.80. The van der Waals surface area contributed by atoms with Gasteiger partial charge in [0.1, 0.15) is 17.7 Å². The molecule has 0 aliphatic carbocycles. The molecule has 1 aliphatic heterocycles. The number of carbonyl (C=O) groups is 1. The second-order valence-corrected chi connectivity index (χ2v) is 8.18. The van der Waals surface area contributed by atoms with E-state index in [1.54, 1.807) is 34.4 Å². The van der Waals surface area contributed by atoms with Crippen LogP contribution in [0.3, 0.4) is 0 Å². The zero-order chi connectivity index (χ0) is 22.4. The number of hydrogen-bond acceptors (Lipinski definition) is 3. The van der Waals surface area contributed by atoms with Gasteiger partial charge in [0, 0.05) is 29.5 Å². The Kier molecular flexibility index (Phi) is 7.58. The van der Waals surface area contributed by atoms with Gasteiger partial charge in [0.25, 0.3) is 0 Å². The van der Waals surface area contributed by atoms with Gasteiger partial charge in [-0.25, -0.2) is 13.6 Å². The molecule has 0 N–H and O–H groups in total. The van der Waals surface area contributed by atoms with Crippen molar-refractivity contribution in [2.24, 2.45) is 0 Å². The van der Waals surface area contributed by atoms with E-state index in [1.807, 2.05) is 43.5 Å². The van der Waals surface area contributed by atoms with E-state index in [0.717, 1.165) is 22.9 Å². The van der Waals surface area contributed by atoms with Crippen LogP contribution in [-0.4, -0.2) is 17.5 Å². The van der Waals surface area contributed by atoms with Gasteiger partial charge >= 0.3 is 6.09 Å². The maximum Gasteiger partial charge on any atom is 0.410 e. The minimum atomic E-state index is -0.601. The number of thiophene rings is 1. The molecule has 3 aromatic rings. The Morgan fingerprint density at radius 1 is 1.19 bits per heavy atom. The number of nitrogens with zero attached hydrogens (tertiary/aromatic N) is 1. The number of carbonyl (C=O) groups excluding carboxylic acids is 1. The number of halogens is 2. The number of cyclic esters (lactones) is 1. The molecule has 0 radical (unpaired) electrons. The van der Waals surface area contributed by atoms with E-state index < -0.39 is 11.6 Å². The lowest BCUT2D eigenvalue weighted by Crippen LogP contribution is -2.40. The van der Waals surface area contributed by atoms with Crippen LogP contribution in [0.15, 0.2) is 72.6 Å². The van der Waals surface area contributed by atoms with Gasteiger partial charge in [-0.15, -0.1) is 17.9 Å². The van der Waals surface area contributed by atoms with E-state index in [4.69, 9.17) is 4.74 Å². The zero-order valence-corrected chi connectivity index (χ0v) is 18.4. The molecule has 4 rings (SSSR count). The Hall–Kier alpha value is -2.99. The first-order chi connectivity index (χ1) is 14.9. The summed E-state index contributed by atoms with van der Waals surface area (Å²) >= 11 is 1.59. The number of allylic oxidation sites excluding steroid dienone is 1. The van der Waals surface area contributed by atoms with Crippen molar-refractivity contribution in [2.75, 3.05) is 6.54 Å². The van der Waals surface area contributed by atoms with E-state index in [2.05, 4.69) is 6.58 Å². The van der Waals surface area contributed by atoms with Crippen molar-refractivity contribution >= 4 is 17.4 Å². The highest BCUT2D eigenvalue weighted by Gasteiger charge is 2.32. The molecule has 2 heterocycles. The third-order valence-electron chi connectivity index (χ3n) is 5.07. The van der Waals surface area contributed by atoms with Gasteiger partial charge in [-0.1, -0.05) is 36.4 Å². The smallest absolute Gasteiger partial charge is 0.410 e. The van der Waals surface area contributed by atoms with Gasteiger partial charge in [-0.3, -0.25) is 0 Å². The first-order valence-electron chi connectivity index (χ1n) is 10.1. The summed E-state index contributed by atoms with van der Waals surface area (Å²) in [6, 6.07) is 14.6. The molecule has 6 heteroatoms. The third kappa shape index (κ3) is 5.39. The van der Waals surface area contributed by atoms with Crippen LogP contribution < -0.4 is 0 Å². The molecule has 1 aromatic heterocycles. The number of rotatable bonds is 4. The Bertz CT molecular complexity index is 1020. The van der Waals surface area contributed by atoms with Crippen LogP contribution in [0.5, 0.6) is 0 Å². The van der Waals surface area contributed by atoms with E-state index in [1.165, 1.54) is 12.1 Å². The lowest BCUT2D eigenvalue weighted by Gasteiger charge is -2.35. The van der Waals surface area contributed by atoms with E-state index in [0.29, 0.717) is 17.7 Å². The van der Waals surface area contributed by atoms with Crippen molar-refractivity contribution in [1.82, 2.24) is 4.90 Å². The zero-order valence-electron chi connectivity index (χ0n) is 17.6. The largest absolute Gasteiger partial charge is 0.440 e. The molecule has 2 unspecified atom stereocenters. The fraction of sp³-hybridized carbons (Fsp3) is 0.240. The Labute approximate surface area is 185 Å². The van der Waals surface area contributed by atoms with Crippen LogP contribution in [0.2, 0.25) is 0 Å². The van der Waals surface area contributed by atoms with Gasteiger partial charge in [-0.05, 0) is 48.6 Å². The average molecular weight is 442 g/mol. The lowest BCUT2D eigenvalue weighted by atomic mass is 10.00. The Morgan fingerprint density at radius 3 is 2.48 bits per heavy atom. The molecule has 162 valence electrons. The molecular weight excluding hydrogens is 416 g/mol.